The monoisotopic (exact) mass is 384 g/mol. The van der Waals surface area contributed by atoms with Crippen molar-refractivity contribution in [1.29, 1.82) is 0 Å². The van der Waals surface area contributed by atoms with E-state index in [1.807, 2.05) is 24.7 Å². The van der Waals surface area contributed by atoms with Gasteiger partial charge in [0.05, 0.1) is 29.4 Å². The van der Waals surface area contributed by atoms with Crippen LogP contribution in [0.15, 0.2) is 47.7 Å². The summed E-state index contributed by atoms with van der Waals surface area (Å²) in [5, 5.41) is 2.95. The van der Waals surface area contributed by atoms with E-state index in [0.717, 1.165) is 36.5 Å². The highest BCUT2D eigenvalue weighted by atomic mass is 32.1. The van der Waals surface area contributed by atoms with Crippen LogP contribution in [0.2, 0.25) is 0 Å². The molecule has 142 valence electrons. The third-order valence-electron chi connectivity index (χ3n) is 5.08. The van der Waals surface area contributed by atoms with Gasteiger partial charge >= 0.3 is 0 Å². The zero-order valence-corrected chi connectivity index (χ0v) is 16.2. The molecule has 0 bridgehead atoms. The molecule has 1 aliphatic heterocycles. The lowest BCUT2D eigenvalue weighted by molar-refractivity contribution is 0.0955. The number of imidazole rings is 1. The second-order valence-corrected chi connectivity index (χ2v) is 7.93. The normalized spacial score (nSPS) is 17.4. The Balaban J connectivity index is 1.41. The van der Waals surface area contributed by atoms with Crippen molar-refractivity contribution < 1.29 is 9.21 Å². The highest BCUT2D eigenvalue weighted by Gasteiger charge is 2.28. The fraction of sp³-hybridized carbons (Fsp3) is 0.400. The maximum Gasteiger partial charge on any atom is 0.261 e. The Labute approximate surface area is 162 Å². The molecule has 1 atom stereocenters. The van der Waals surface area contributed by atoms with Gasteiger partial charge in [0, 0.05) is 42.3 Å². The maximum absolute atomic E-state index is 12.4. The van der Waals surface area contributed by atoms with Gasteiger partial charge in [-0.3, -0.25) is 9.69 Å². The first-order valence-electron chi connectivity index (χ1n) is 9.36. The number of aromatic nitrogens is 2. The Hall–Kier alpha value is -2.38. The summed E-state index contributed by atoms with van der Waals surface area (Å²) in [4.78, 5) is 21.2. The molecule has 1 amide bonds. The van der Waals surface area contributed by atoms with Gasteiger partial charge in [-0.15, -0.1) is 11.3 Å². The fourth-order valence-electron chi connectivity index (χ4n) is 3.63. The summed E-state index contributed by atoms with van der Waals surface area (Å²) < 4.78 is 7.23. The number of carbonyl (C=O) groups excluding carboxylic acids is 1. The molecule has 27 heavy (non-hydrogen) atoms. The van der Waals surface area contributed by atoms with E-state index in [2.05, 4.69) is 32.8 Å². The minimum atomic E-state index is -0.0268. The largest absolute Gasteiger partial charge is 0.472 e. The van der Waals surface area contributed by atoms with Gasteiger partial charge in [-0.2, -0.15) is 0 Å². The second kappa shape index (κ2) is 8.10. The van der Waals surface area contributed by atoms with Crippen LogP contribution in [0.3, 0.4) is 0 Å². The minimum Gasteiger partial charge on any atom is -0.472 e. The molecular formula is C20H24N4O2S. The number of furan rings is 1. The molecule has 0 radical (unpaired) electrons. The number of rotatable bonds is 7. The Kier molecular flexibility index (Phi) is 5.40. The average molecular weight is 385 g/mol. The van der Waals surface area contributed by atoms with E-state index in [-0.39, 0.29) is 5.91 Å². The van der Waals surface area contributed by atoms with Crippen LogP contribution in [0.1, 0.15) is 51.6 Å². The van der Waals surface area contributed by atoms with Gasteiger partial charge in [0.15, 0.2) is 0 Å². The summed E-state index contributed by atoms with van der Waals surface area (Å²) in [6, 6.07) is 6.29. The minimum absolute atomic E-state index is 0.0268. The summed E-state index contributed by atoms with van der Waals surface area (Å²) >= 11 is 1.60. The zero-order valence-electron chi connectivity index (χ0n) is 15.4. The molecule has 4 rings (SSSR count). The lowest BCUT2D eigenvalue weighted by atomic mass is 10.2. The van der Waals surface area contributed by atoms with E-state index in [1.54, 1.807) is 23.9 Å². The molecule has 6 nitrogen and oxygen atoms in total. The van der Waals surface area contributed by atoms with Crippen molar-refractivity contribution in [2.24, 2.45) is 0 Å². The summed E-state index contributed by atoms with van der Waals surface area (Å²) in [5.41, 5.74) is 2.22. The standard InChI is InChI=1S/C20H24N4O2S/c1-2-23-14-21-11-16(23)12-24-8-3-4-17(24)18-5-6-19(27-18)20(25)22-10-15-7-9-26-13-15/h5-7,9,11,13-14,17H,2-4,8,10,12H2,1H3,(H,22,25)/t17-/m0/s1. The Morgan fingerprint density at radius 2 is 2.33 bits per heavy atom. The predicted octanol–water partition coefficient (Wildman–Crippen LogP) is 3.82. The van der Waals surface area contributed by atoms with Gasteiger partial charge in [-0.05, 0) is 44.5 Å². The third kappa shape index (κ3) is 3.99. The summed E-state index contributed by atoms with van der Waals surface area (Å²) in [5.74, 6) is -0.0268. The zero-order chi connectivity index (χ0) is 18.6. The van der Waals surface area contributed by atoms with E-state index in [0.29, 0.717) is 12.6 Å². The number of likely N-dealkylation sites (tertiary alicyclic amines) is 1. The van der Waals surface area contributed by atoms with Crippen LogP contribution in [-0.2, 0) is 19.6 Å². The number of nitrogens with zero attached hydrogens (tertiary/aromatic N) is 3. The number of amides is 1. The van der Waals surface area contributed by atoms with Crippen LogP contribution in [0.4, 0.5) is 0 Å². The van der Waals surface area contributed by atoms with Gasteiger partial charge in [0.25, 0.3) is 5.91 Å². The number of nitrogens with one attached hydrogen (secondary N) is 1. The molecule has 3 aromatic rings. The van der Waals surface area contributed by atoms with Crippen molar-refractivity contribution in [3.05, 3.63) is 64.3 Å². The molecular weight excluding hydrogens is 360 g/mol. The highest BCUT2D eigenvalue weighted by molar-refractivity contribution is 7.14. The van der Waals surface area contributed by atoms with Gasteiger partial charge < -0.3 is 14.3 Å². The van der Waals surface area contributed by atoms with Crippen LogP contribution >= 0.6 is 11.3 Å². The van der Waals surface area contributed by atoms with Crippen LogP contribution in [0, 0.1) is 0 Å². The Morgan fingerprint density at radius 3 is 3.15 bits per heavy atom. The molecule has 3 aromatic heterocycles. The first kappa shape index (κ1) is 18.0. The van der Waals surface area contributed by atoms with Crippen LogP contribution in [0.5, 0.6) is 0 Å². The SMILES string of the molecule is CCn1cncc1CN1CCC[C@H]1c1ccc(C(=O)NCc2ccoc2)s1. The van der Waals surface area contributed by atoms with E-state index in [4.69, 9.17) is 4.42 Å². The first-order valence-corrected chi connectivity index (χ1v) is 10.2. The number of aryl methyl sites for hydroxylation is 1. The fourth-order valence-corrected chi connectivity index (χ4v) is 4.72. The lowest BCUT2D eigenvalue weighted by Crippen LogP contribution is -2.23. The quantitative estimate of drug-likeness (QED) is 0.673. The van der Waals surface area contributed by atoms with E-state index >= 15 is 0 Å². The second-order valence-electron chi connectivity index (χ2n) is 6.82. The van der Waals surface area contributed by atoms with E-state index in [1.165, 1.54) is 17.0 Å². The van der Waals surface area contributed by atoms with Gasteiger partial charge in [0.2, 0.25) is 0 Å². The van der Waals surface area contributed by atoms with Crippen molar-refractivity contribution in [3.8, 4) is 0 Å². The third-order valence-corrected chi connectivity index (χ3v) is 6.27. The molecule has 0 saturated carbocycles. The molecule has 1 fully saturated rings. The van der Waals surface area contributed by atoms with Crippen molar-refractivity contribution >= 4 is 17.2 Å². The van der Waals surface area contributed by atoms with Gasteiger partial charge in [-0.1, -0.05) is 0 Å². The number of hydrogen-bond acceptors (Lipinski definition) is 5. The number of carbonyl (C=O) groups is 1. The number of hydrogen-bond donors (Lipinski definition) is 1. The molecule has 7 heteroatoms. The smallest absolute Gasteiger partial charge is 0.261 e. The molecule has 0 aromatic carbocycles. The Bertz CT molecular complexity index is 884. The Morgan fingerprint density at radius 1 is 1.41 bits per heavy atom. The molecule has 4 heterocycles. The summed E-state index contributed by atoms with van der Waals surface area (Å²) in [6.07, 6.45) is 9.44. The summed E-state index contributed by atoms with van der Waals surface area (Å²) in [7, 11) is 0. The van der Waals surface area contributed by atoms with Crippen molar-refractivity contribution in [2.45, 2.75) is 45.4 Å². The first-order chi connectivity index (χ1) is 13.2. The number of thiophene rings is 1. The van der Waals surface area contributed by atoms with Crippen LogP contribution < -0.4 is 5.32 Å². The molecule has 0 unspecified atom stereocenters. The molecule has 1 N–H and O–H groups in total. The predicted molar refractivity (Wildman–Crippen MR) is 104 cm³/mol. The van der Waals surface area contributed by atoms with E-state index in [9.17, 15) is 4.79 Å². The van der Waals surface area contributed by atoms with Crippen LogP contribution in [0.25, 0.3) is 0 Å². The van der Waals surface area contributed by atoms with Gasteiger partial charge in [0.1, 0.15) is 0 Å². The summed E-state index contributed by atoms with van der Waals surface area (Å²) in [6.45, 7) is 5.55. The molecule has 0 spiro atoms. The maximum atomic E-state index is 12.4. The molecule has 1 aliphatic rings. The van der Waals surface area contributed by atoms with Crippen molar-refractivity contribution in [2.75, 3.05) is 6.54 Å². The van der Waals surface area contributed by atoms with Crippen LogP contribution in [-0.4, -0.2) is 26.9 Å². The van der Waals surface area contributed by atoms with Gasteiger partial charge in [-0.25, -0.2) is 4.98 Å². The lowest BCUT2D eigenvalue weighted by Gasteiger charge is -2.23. The topological polar surface area (TPSA) is 63.3 Å². The average Bonchev–Trinajstić information content (AvgIpc) is 3.47. The highest BCUT2D eigenvalue weighted by Crippen LogP contribution is 2.36. The molecule has 1 saturated heterocycles. The molecule has 0 aliphatic carbocycles. The van der Waals surface area contributed by atoms with E-state index < -0.39 is 0 Å². The van der Waals surface area contributed by atoms with Crippen molar-refractivity contribution in [3.63, 3.8) is 0 Å². The van der Waals surface area contributed by atoms with Crippen molar-refractivity contribution in [1.82, 2.24) is 19.8 Å².